The van der Waals surface area contributed by atoms with Crippen molar-refractivity contribution < 1.29 is 52.7 Å². The van der Waals surface area contributed by atoms with Gasteiger partial charge in [0.1, 0.15) is 11.4 Å². The van der Waals surface area contributed by atoms with Gasteiger partial charge in [-0.25, -0.2) is 9.97 Å². The van der Waals surface area contributed by atoms with E-state index in [2.05, 4.69) is 15.0 Å². The van der Waals surface area contributed by atoms with Crippen LogP contribution < -0.4 is 0 Å². The number of fused-ring (bicyclic) bond motifs is 3. The van der Waals surface area contributed by atoms with Gasteiger partial charge in [0.05, 0.1) is 39.3 Å². The van der Waals surface area contributed by atoms with Crippen LogP contribution in [0, 0.1) is 11.5 Å². The van der Waals surface area contributed by atoms with E-state index in [9.17, 15) is 57.9 Å². The van der Waals surface area contributed by atoms with Gasteiger partial charge in [-0.15, -0.1) is 0 Å². The summed E-state index contributed by atoms with van der Waals surface area (Å²) >= 11 is 0. The number of nitrogens with zero attached hydrogens (tertiary/aromatic N) is 4. The van der Waals surface area contributed by atoms with Crippen LogP contribution in [-0.4, -0.2) is 15.7 Å². The van der Waals surface area contributed by atoms with E-state index in [1.807, 2.05) is 0 Å². The van der Waals surface area contributed by atoms with E-state index in [-0.39, 0.29) is 64.6 Å². The molecule has 0 spiro atoms. The van der Waals surface area contributed by atoms with Gasteiger partial charge in [0, 0.05) is 22.3 Å². The fraction of sp³-hybridized carbons (Fsp3) is 0.143. The van der Waals surface area contributed by atoms with Crippen molar-refractivity contribution >= 4 is 5.71 Å². The second-order valence-electron chi connectivity index (χ2n) is 9.31. The van der Waals surface area contributed by atoms with Crippen molar-refractivity contribution in [1.82, 2.24) is 9.97 Å². The number of halogens is 12. The van der Waals surface area contributed by atoms with Crippen molar-refractivity contribution in [2.24, 2.45) is 4.99 Å². The molecule has 5 rings (SSSR count). The summed E-state index contributed by atoms with van der Waals surface area (Å²) < 4.78 is 164. The minimum absolute atomic E-state index is 0.153. The van der Waals surface area contributed by atoms with Crippen LogP contribution in [0.4, 0.5) is 52.7 Å². The van der Waals surface area contributed by atoms with E-state index in [0.29, 0.717) is 0 Å². The summed E-state index contributed by atoms with van der Waals surface area (Å²) in [5, 5.41) is 9.21. The molecular weight excluding hydrogens is 620 g/mol. The second-order valence-corrected chi connectivity index (χ2v) is 9.31. The predicted octanol–water partition coefficient (Wildman–Crippen LogP) is 9.18. The average Bonchev–Trinajstić information content (AvgIpc) is 3.23. The molecule has 1 aliphatic carbocycles. The van der Waals surface area contributed by atoms with Gasteiger partial charge in [-0.2, -0.15) is 62.9 Å². The highest BCUT2D eigenvalue weighted by Gasteiger charge is 2.40. The predicted molar refractivity (Wildman–Crippen MR) is 130 cm³/mol. The van der Waals surface area contributed by atoms with Crippen LogP contribution in [0.15, 0.2) is 65.7 Å². The first-order valence-corrected chi connectivity index (χ1v) is 11.9. The van der Waals surface area contributed by atoms with E-state index < -0.39 is 69.5 Å². The van der Waals surface area contributed by atoms with Crippen LogP contribution >= 0.6 is 0 Å². The fourth-order valence-corrected chi connectivity index (χ4v) is 4.56. The molecular formula is C28H10F12N4. The van der Waals surface area contributed by atoms with Crippen LogP contribution in [0.5, 0.6) is 0 Å². The lowest BCUT2D eigenvalue weighted by Gasteiger charge is -2.18. The van der Waals surface area contributed by atoms with Crippen molar-refractivity contribution in [3.63, 3.8) is 0 Å². The molecule has 0 atom stereocenters. The lowest BCUT2D eigenvalue weighted by molar-refractivity contribution is -0.144. The minimum Gasteiger partial charge on any atom is -0.243 e. The quantitative estimate of drug-likeness (QED) is 0.144. The summed E-state index contributed by atoms with van der Waals surface area (Å²) in [5.41, 5.74) is -11.5. The fourth-order valence-electron chi connectivity index (χ4n) is 4.56. The molecule has 0 fully saturated rings. The molecule has 44 heavy (non-hydrogen) atoms. The summed E-state index contributed by atoms with van der Waals surface area (Å²) in [6, 6.07) is 6.17. The number of aromatic nitrogens is 2. The number of aliphatic imine (C=N–C) groups is 1. The largest absolute Gasteiger partial charge is 0.416 e. The molecule has 4 nitrogen and oxygen atoms in total. The molecule has 4 aromatic rings. The number of alkyl halides is 12. The highest BCUT2D eigenvalue weighted by atomic mass is 19.4. The van der Waals surface area contributed by atoms with Crippen LogP contribution in [0.3, 0.4) is 0 Å². The molecule has 3 aromatic carbocycles. The maximum absolute atomic E-state index is 13.7. The van der Waals surface area contributed by atoms with Gasteiger partial charge in [0.15, 0.2) is 0 Å². The standard InChI is InChI=1S/C28H10F12N4/c29-25(30,31)14-5-12(6-15(9-14)26(32,33)34)20-21(13-7-16(27(35,36)37)10-17(8-13)28(38,39)40)44-24-22(42-11-41)18-3-1-2-4-19(18)23(24)43-20/h1-10H. The second kappa shape index (κ2) is 10.1. The van der Waals surface area contributed by atoms with Crippen molar-refractivity contribution in [2.45, 2.75) is 24.7 Å². The average molecular weight is 630 g/mol. The highest BCUT2D eigenvalue weighted by molar-refractivity contribution is 6.23. The third-order valence-corrected chi connectivity index (χ3v) is 6.44. The monoisotopic (exact) mass is 630 g/mol. The van der Waals surface area contributed by atoms with E-state index >= 15 is 0 Å². The topological polar surface area (TPSA) is 61.9 Å². The third-order valence-electron chi connectivity index (χ3n) is 6.44. The zero-order valence-corrected chi connectivity index (χ0v) is 21.1. The Bertz CT molecular complexity index is 1810. The Labute approximate surface area is 238 Å². The Kier molecular flexibility index (Phi) is 6.98. The van der Waals surface area contributed by atoms with E-state index in [0.717, 1.165) is 0 Å². The Hall–Kier alpha value is -4.94. The maximum atomic E-state index is 13.7. The Balaban J connectivity index is 1.94. The van der Waals surface area contributed by atoms with Crippen LogP contribution in [0.1, 0.15) is 33.5 Å². The molecule has 0 bridgehead atoms. The molecule has 0 amide bonds. The zero-order valence-electron chi connectivity index (χ0n) is 21.1. The molecule has 226 valence electrons. The van der Waals surface area contributed by atoms with Gasteiger partial charge in [0.25, 0.3) is 0 Å². The Morgan fingerprint density at radius 1 is 0.500 bits per heavy atom. The molecule has 1 heterocycles. The molecule has 0 N–H and O–H groups in total. The van der Waals surface area contributed by atoms with Crippen LogP contribution in [0.2, 0.25) is 0 Å². The van der Waals surface area contributed by atoms with Crippen LogP contribution in [0.25, 0.3) is 33.8 Å². The number of hydrogen-bond acceptors (Lipinski definition) is 4. The first kappa shape index (κ1) is 30.5. The Morgan fingerprint density at radius 3 is 1.23 bits per heavy atom. The van der Waals surface area contributed by atoms with E-state index in [1.54, 1.807) is 0 Å². The van der Waals surface area contributed by atoms with Crippen molar-refractivity contribution in [2.75, 3.05) is 0 Å². The lowest BCUT2D eigenvalue weighted by Crippen LogP contribution is -2.13. The highest BCUT2D eigenvalue weighted by Crippen LogP contribution is 2.45. The van der Waals surface area contributed by atoms with Gasteiger partial charge in [0.2, 0.25) is 6.19 Å². The number of nitriles is 1. The summed E-state index contributed by atoms with van der Waals surface area (Å²) in [7, 11) is 0. The van der Waals surface area contributed by atoms with Crippen molar-refractivity contribution in [3.8, 4) is 40.0 Å². The maximum Gasteiger partial charge on any atom is 0.416 e. The summed E-state index contributed by atoms with van der Waals surface area (Å²) in [5.74, 6) is 0. The van der Waals surface area contributed by atoms with E-state index in [1.165, 1.54) is 30.5 Å². The first-order valence-electron chi connectivity index (χ1n) is 11.9. The van der Waals surface area contributed by atoms with Gasteiger partial charge in [-0.1, -0.05) is 24.3 Å². The van der Waals surface area contributed by atoms with Gasteiger partial charge >= 0.3 is 24.7 Å². The zero-order chi connectivity index (χ0) is 32.4. The smallest absolute Gasteiger partial charge is 0.243 e. The Morgan fingerprint density at radius 2 is 0.864 bits per heavy atom. The molecule has 0 radical (unpaired) electrons. The molecule has 0 saturated heterocycles. The first-order chi connectivity index (χ1) is 20.3. The molecule has 16 heteroatoms. The third kappa shape index (κ3) is 5.56. The molecule has 1 aliphatic rings. The molecule has 0 unspecified atom stereocenters. The summed E-state index contributed by atoms with van der Waals surface area (Å²) in [6.07, 6.45) is -19.9. The summed E-state index contributed by atoms with van der Waals surface area (Å²) in [6.45, 7) is 0. The molecule has 0 saturated carbocycles. The van der Waals surface area contributed by atoms with Crippen molar-refractivity contribution in [1.29, 1.82) is 5.26 Å². The number of benzene rings is 3. The van der Waals surface area contributed by atoms with Crippen molar-refractivity contribution in [3.05, 3.63) is 94.2 Å². The molecule has 0 aliphatic heterocycles. The van der Waals surface area contributed by atoms with Gasteiger partial charge in [-0.3, -0.25) is 0 Å². The lowest BCUT2D eigenvalue weighted by atomic mass is 9.96. The number of hydrogen-bond donors (Lipinski definition) is 0. The number of rotatable bonds is 2. The minimum atomic E-state index is -5.36. The van der Waals surface area contributed by atoms with Gasteiger partial charge < -0.3 is 0 Å². The molecule has 1 aromatic heterocycles. The summed E-state index contributed by atoms with van der Waals surface area (Å²) in [4.78, 5) is 11.9. The SMILES string of the molecule is N#CN=C1c2ccccc2-c2nc(-c3cc(C(F)(F)F)cc(C(F)(F)F)c3)c(-c3cc(C(F)(F)F)cc(C(F)(F)F)c3)nc21. The normalized spacial score (nSPS) is 14.4. The van der Waals surface area contributed by atoms with E-state index in [4.69, 9.17) is 0 Å². The van der Waals surface area contributed by atoms with Crippen LogP contribution in [-0.2, 0) is 24.7 Å². The van der Waals surface area contributed by atoms with Gasteiger partial charge in [-0.05, 0) is 36.4 Å².